The number of benzene rings is 1. The third-order valence-corrected chi connectivity index (χ3v) is 3.71. The Morgan fingerprint density at radius 1 is 1.50 bits per heavy atom. The number of hydrogen-bond acceptors (Lipinski definition) is 4. The summed E-state index contributed by atoms with van der Waals surface area (Å²) in [4.78, 5) is 2.24. The van der Waals surface area contributed by atoms with Gasteiger partial charge in [0.15, 0.2) is 0 Å². The first-order valence-corrected chi connectivity index (χ1v) is 7.18. The second-order valence-corrected chi connectivity index (χ2v) is 5.59. The van der Waals surface area contributed by atoms with Crippen molar-refractivity contribution < 1.29 is 4.74 Å². The molecule has 0 aliphatic carbocycles. The third kappa shape index (κ3) is 3.50. The summed E-state index contributed by atoms with van der Waals surface area (Å²) < 4.78 is 5.39. The van der Waals surface area contributed by atoms with Gasteiger partial charge < -0.3 is 15.0 Å². The van der Waals surface area contributed by atoms with Gasteiger partial charge in [-0.1, -0.05) is 19.9 Å². The second kappa shape index (κ2) is 6.74. The van der Waals surface area contributed by atoms with Gasteiger partial charge in [-0.25, -0.2) is 0 Å². The van der Waals surface area contributed by atoms with Crippen LogP contribution in [0.5, 0.6) is 0 Å². The molecule has 1 atom stereocenters. The van der Waals surface area contributed by atoms with E-state index in [1.807, 2.05) is 6.07 Å². The van der Waals surface area contributed by atoms with E-state index in [9.17, 15) is 5.26 Å². The van der Waals surface area contributed by atoms with Gasteiger partial charge in [0.1, 0.15) is 6.07 Å². The molecule has 1 unspecified atom stereocenters. The van der Waals surface area contributed by atoms with Gasteiger partial charge in [0, 0.05) is 32.8 Å². The molecule has 1 fully saturated rings. The number of nitrogens with zero attached hydrogens (tertiary/aromatic N) is 2. The van der Waals surface area contributed by atoms with E-state index in [2.05, 4.69) is 42.3 Å². The molecule has 1 aromatic rings. The minimum atomic E-state index is 0.281. The lowest BCUT2D eigenvalue weighted by molar-refractivity contribution is 0.121. The van der Waals surface area contributed by atoms with Crippen LogP contribution in [-0.4, -0.2) is 32.3 Å². The summed E-state index contributed by atoms with van der Waals surface area (Å²) in [7, 11) is 1.75. The van der Waals surface area contributed by atoms with E-state index in [0.29, 0.717) is 6.04 Å². The molecule has 0 aromatic heterocycles. The van der Waals surface area contributed by atoms with Crippen LogP contribution in [0.15, 0.2) is 18.2 Å². The Morgan fingerprint density at radius 3 is 2.90 bits per heavy atom. The highest BCUT2D eigenvalue weighted by Crippen LogP contribution is 2.26. The van der Waals surface area contributed by atoms with Gasteiger partial charge >= 0.3 is 0 Å². The van der Waals surface area contributed by atoms with Crippen molar-refractivity contribution in [2.45, 2.75) is 39.0 Å². The Morgan fingerprint density at radius 2 is 2.30 bits per heavy atom. The topological polar surface area (TPSA) is 48.3 Å². The van der Waals surface area contributed by atoms with E-state index in [-0.39, 0.29) is 6.10 Å². The largest absolute Gasteiger partial charge is 0.380 e. The fraction of sp³-hybridized carbons (Fsp3) is 0.562. The maximum Gasteiger partial charge on any atom is 0.101 e. The predicted octanol–water partition coefficient (Wildman–Crippen LogP) is 2.28. The molecule has 0 bridgehead atoms. The number of ether oxygens (including phenoxy) is 1. The van der Waals surface area contributed by atoms with E-state index in [1.54, 1.807) is 7.11 Å². The van der Waals surface area contributed by atoms with Gasteiger partial charge in [-0.05, 0) is 24.1 Å². The van der Waals surface area contributed by atoms with Crippen LogP contribution in [0.4, 0.5) is 5.69 Å². The van der Waals surface area contributed by atoms with Crippen molar-refractivity contribution in [2.24, 2.45) is 0 Å². The first kappa shape index (κ1) is 14.8. The fourth-order valence-electron chi connectivity index (χ4n) is 2.52. The molecule has 1 aliphatic heterocycles. The van der Waals surface area contributed by atoms with Crippen LogP contribution < -0.4 is 10.2 Å². The summed E-state index contributed by atoms with van der Waals surface area (Å²) in [6.07, 6.45) is 1.31. The van der Waals surface area contributed by atoms with E-state index in [4.69, 9.17) is 4.74 Å². The number of anilines is 1. The van der Waals surface area contributed by atoms with Gasteiger partial charge in [-0.15, -0.1) is 0 Å². The average Bonchev–Trinajstić information content (AvgIpc) is 2.93. The highest BCUT2D eigenvalue weighted by molar-refractivity contribution is 5.61. The van der Waals surface area contributed by atoms with Crippen LogP contribution in [0.2, 0.25) is 0 Å². The van der Waals surface area contributed by atoms with Crippen molar-refractivity contribution in [2.75, 3.05) is 25.1 Å². The molecule has 1 aromatic carbocycles. The van der Waals surface area contributed by atoms with Crippen LogP contribution in [0.3, 0.4) is 0 Å². The molecule has 1 aliphatic rings. The lowest BCUT2D eigenvalue weighted by Crippen LogP contribution is -2.24. The standard InChI is InChI=1S/C16H23N3O/c1-12(2)18-10-13-4-5-16(14(8-13)9-17)19-7-6-15(11-19)20-3/h4-5,8,12,15,18H,6-7,10-11H2,1-3H3. The zero-order valence-electron chi connectivity index (χ0n) is 12.5. The van der Waals surface area contributed by atoms with Crippen LogP contribution in [0.25, 0.3) is 0 Å². The van der Waals surface area contributed by atoms with Gasteiger partial charge in [0.2, 0.25) is 0 Å². The predicted molar refractivity (Wildman–Crippen MR) is 80.8 cm³/mol. The van der Waals surface area contributed by atoms with E-state index >= 15 is 0 Å². The summed E-state index contributed by atoms with van der Waals surface area (Å²) in [5.41, 5.74) is 2.94. The van der Waals surface area contributed by atoms with Gasteiger partial charge in [-0.3, -0.25) is 0 Å². The van der Waals surface area contributed by atoms with Crippen LogP contribution in [-0.2, 0) is 11.3 Å². The number of hydrogen-bond donors (Lipinski definition) is 1. The molecule has 0 radical (unpaired) electrons. The maximum absolute atomic E-state index is 9.38. The number of rotatable bonds is 5. The molecular weight excluding hydrogens is 250 g/mol. The van der Waals surface area contributed by atoms with Crippen molar-refractivity contribution in [1.82, 2.24) is 5.32 Å². The Labute approximate surface area is 121 Å². The van der Waals surface area contributed by atoms with Crippen molar-refractivity contribution in [3.8, 4) is 6.07 Å². The molecular formula is C16H23N3O. The highest BCUT2D eigenvalue weighted by atomic mass is 16.5. The summed E-state index contributed by atoms with van der Waals surface area (Å²) in [6.45, 7) is 6.86. The summed E-state index contributed by atoms with van der Waals surface area (Å²) in [6, 6.07) is 8.93. The Hall–Kier alpha value is -1.57. The van der Waals surface area contributed by atoms with Crippen molar-refractivity contribution in [3.63, 3.8) is 0 Å². The highest BCUT2D eigenvalue weighted by Gasteiger charge is 2.24. The van der Waals surface area contributed by atoms with Crippen LogP contribution in [0.1, 0.15) is 31.4 Å². The molecule has 2 rings (SSSR count). The third-order valence-electron chi connectivity index (χ3n) is 3.71. The van der Waals surface area contributed by atoms with Crippen molar-refractivity contribution >= 4 is 5.69 Å². The molecule has 108 valence electrons. The van der Waals surface area contributed by atoms with Crippen molar-refractivity contribution in [3.05, 3.63) is 29.3 Å². The quantitative estimate of drug-likeness (QED) is 0.894. The lowest BCUT2D eigenvalue weighted by atomic mass is 10.1. The SMILES string of the molecule is COC1CCN(c2ccc(CNC(C)C)cc2C#N)C1. The Bertz CT molecular complexity index is 493. The first-order valence-electron chi connectivity index (χ1n) is 7.18. The molecule has 0 saturated carbocycles. The minimum Gasteiger partial charge on any atom is -0.380 e. The zero-order chi connectivity index (χ0) is 14.5. The number of methoxy groups -OCH3 is 1. The Kier molecular flexibility index (Phi) is 4.99. The number of nitriles is 1. The molecule has 1 saturated heterocycles. The van der Waals surface area contributed by atoms with E-state index in [0.717, 1.165) is 42.9 Å². The fourth-order valence-corrected chi connectivity index (χ4v) is 2.52. The average molecular weight is 273 g/mol. The minimum absolute atomic E-state index is 0.281. The van der Waals surface area contributed by atoms with E-state index in [1.165, 1.54) is 0 Å². The molecule has 4 heteroatoms. The summed E-state index contributed by atoms with van der Waals surface area (Å²) in [5.74, 6) is 0. The summed E-state index contributed by atoms with van der Waals surface area (Å²) in [5, 5.41) is 12.8. The van der Waals surface area contributed by atoms with Crippen LogP contribution >= 0.6 is 0 Å². The van der Waals surface area contributed by atoms with Crippen LogP contribution in [0, 0.1) is 11.3 Å². The molecule has 0 amide bonds. The zero-order valence-corrected chi connectivity index (χ0v) is 12.5. The molecule has 1 heterocycles. The van der Waals surface area contributed by atoms with E-state index < -0.39 is 0 Å². The molecule has 0 spiro atoms. The Balaban J connectivity index is 2.12. The van der Waals surface area contributed by atoms with Gasteiger partial charge in [-0.2, -0.15) is 5.26 Å². The maximum atomic E-state index is 9.38. The molecule has 4 nitrogen and oxygen atoms in total. The number of nitrogens with one attached hydrogen (secondary N) is 1. The second-order valence-electron chi connectivity index (χ2n) is 5.59. The monoisotopic (exact) mass is 273 g/mol. The molecule has 1 N–H and O–H groups in total. The van der Waals surface area contributed by atoms with Gasteiger partial charge in [0.25, 0.3) is 0 Å². The lowest BCUT2D eigenvalue weighted by Gasteiger charge is -2.20. The smallest absolute Gasteiger partial charge is 0.101 e. The normalized spacial score (nSPS) is 18.6. The first-order chi connectivity index (χ1) is 9.63. The van der Waals surface area contributed by atoms with Gasteiger partial charge in [0.05, 0.1) is 17.4 Å². The summed E-state index contributed by atoms with van der Waals surface area (Å²) >= 11 is 0. The molecule has 20 heavy (non-hydrogen) atoms. The van der Waals surface area contributed by atoms with Crippen molar-refractivity contribution in [1.29, 1.82) is 5.26 Å².